The lowest BCUT2D eigenvalue weighted by Crippen LogP contribution is -2.14. The molecular weight excluding hydrogens is 288 g/mol. The van der Waals surface area contributed by atoms with Gasteiger partial charge in [0.1, 0.15) is 5.75 Å². The molecule has 0 unspecified atom stereocenters. The molecule has 0 radical (unpaired) electrons. The fraction of sp³-hybridized carbons (Fsp3) is 0.143. The number of amides is 1. The summed E-state index contributed by atoms with van der Waals surface area (Å²) >= 11 is 0. The predicted octanol–water partition coefficient (Wildman–Crippen LogP) is 1.91. The summed E-state index contributed by atoms with van der Waals surface area (Å²) in [6, 6.07) is 8.79. The maximum Gasteiger partial charge on any atom is 0.322 e. The van der Waals surface area contributed by atoms with E-state index in [1.54, 1.807) is 25.3 Å². The van der Waals surface area contributed by atoms with Crippen molar-refractivity contribution < 1.29 is 18.5 Å². The van der Waals surface area contributed by atoms with Crippen LogP contribution in [0.15, 0.2) is 45.5 Å². The van der Waals surface area contributed by atoms with Crippen molar-refractivity contribution in [3.8, 4) is 17.4 Å². The molecule has 1 aromatic carbocycles. The fourth-order valence-corrected chi connectivity index (χ4v) is 1.79. The Morgan fingerprint density at radius 1 is 1.23 bits per heavy atom. The Balaban J connectivity index is 1.61. The number of aromatic nitrogens is 3. The number of carbonyl (C=O) groups is 1. The van der Waals surface area contributed by atoms with Crippen molar-refractivity contribution in [2.24, 2.45) is 0 Å². The maximum atomic E-state index is 11.9. The topological polar surface area (TPSA) is 103 Å². The molecule has 0 spiro atoms. The predicted molar refractivity (Wildman–Crippen MR) is 75.1 cm³/mol. The van der Waals surface area contributed by atoms with Crippen LogP contribution in [-0.4, -0.2) is 28.4 Å². The molecule has 22 heavy (non-hydrogen) atoms. The normalized spacial score (nSPS) is 10.4. The fourth-order valence-electron chi connectivity index (χ4n) is 1.79. The van der Waals surface area contributed by atoms with Gasteiger partial charge in [0.05, 0.1) is 19.7 Å². The van der Waals surface area contributed by atoms with E-state index in [0.29, 0.717) is 5.76 Å². The zero-order valence-corrected chi connectivity index (χ0v) is 11.6. The molecule has 3 aromatic rings. The highest BCUT2D eigenvalue weighted by atomic mass is 16.5. The average Bonchev–Trinajstić information content (AvgIpc) is 3.19. The van der Waals surface area contributed by atoms with Crippen LogP contribution in [0.25, 0.3) is 11.7 Å². The van der Waals surface area contributed by atoms with Crippen molar-refractivity contribution in [2.45, 2.75) is 6.42 Å². The molecule has 0 fully saturated rings. The first-order valence-electron chi connectivity index (χ1n) is 6.42. The third-order valence-electron chi connectivity index (χ3n) is 2.84. The van der Waals surface area contributed by atoms with Crippen LogP contribution < -0.4 is 10.1 Å². The molecule has 1 N–H and O–H groups in total. The van der Waals surface area contributed by atoms with Crippen LogP contribution in [-0.2, 0) is 11.2 Å². The van der Waals surface area contributed by atoms with Crippen molar-refractivity contribution in [1.82, 2.24) is 15.4 Å². The van der Waals surface area contributed by atoms with Gasteiger partial charge in [0.25, 0.3) is 5.89 Å². The second-order valence-electron chi connectivity index (χ2n) is 4.36. The van der Waals surface area contributed by atoms with Gasteiger partial charge >= 0.3 is 6.01 Å². The summed E-state index contributed by atoms with van der Waals surface area (Å²) in [6.07, 6.45) is 1.64. The molecule has 8 nitrogen and oxygen atoms in total. The Hall–Kier alpha value is -3.16. The van der Waals surface area contributed by atoms with E-state index in [-0.39, 0.29) is 24.2 Å². The van der Waals surface area contributed by atoms with Gasteiger partial charge < -0.3 is 13.7 Å². The van der Waals surface area contributed by atoms with E-state index >= 15 is 0 Å². The second-order valence-corrected chi connectivity index (χ2v) is 4.36. The Labute approximate surface area is 125 Å². The number of carbonyl (C=O) groups excluding carboxylic acids is 1. The third-order valence-corrected chi connectivity index (χ3v) is 2.84. The van der Waals surface area contributed by atoms with Crippen LogP contribution in [0, 0.1) is 0 Å². The van der Waals surface area contributed by atoms with Gasteiger partial charge in [-0.25, -0.2) is 0 Å². The van der Waals surface area contributed by atoms with E-state index in [9.17, 15) is 4.79 Å². The van der Waals surface area contributed by atoms with Crippen molar-refractivity contribution in [1.29, 1.82) is 0 Å². The van der Waals surface area contributed by atoms with E-state index < -0.39 is 0 Å². The minimum Gasteiger partial charge on any atom is -0.497 e. The van der Waals surface area contributed by atoms with Gasteiger partial charge in [-0.05, 0) is 17.7 Å². The van der Waals surface area contributed by atoms with Crippen molar-refractivity contribution in [3.05, 3.63) is 42.1 Å². The largest absolute Gasteiger partial charge is 0.497 e. The maximum absolute atomic E-state index is 11.9. The van der Waals surface area contributed by atoms with Crippen LogP contribution in [0.2, 0.25) is 0 Å². The minimum absolute atomic E-state index is 0.00455. The number of nitrogens with zero attached hydrogens (tertiary/aromatic N) is 3. The summed E-state index contributed by atoms with van der Waals surface area (Å²) in [5, 5.41) is 13.6. The van der Waals surface area contributed by atoms with E-state index in [4.69, 9.17) is 13.7 Å². The molecular formula is C14H12N4O4. The lowest BCUT2D eigenvalue weighted by molar-refractivity contribution is -0.115. The Morgan fingerprint density at radius 3 is 2.73 bits per heavy atom. The first-order chi connectivity index (χ1) is 10.7. The second kappa shape index (κ2) is 6.08. The molecule has 0 bridgehead atoms. The van der Waals surface area contributed by atoms with Gasteiger partial charge in [-0.1, -0.05) is 22.4 Å². The molecule has 112 valence electrons. The summed E-state index contributed by atoms with van der Waals surface area (Å²) in [7, 11) is 1.59. The van der Waals surface area contributed by atoms with Crippen LogP contribution >= 0.6 is 0 Å². The molecule has 8 heteroatoms. The molecule has 1 amide bonds. The van der Waals surface area contributed by atoms with Gasteiger partial charge in [-0.3, -0.25) is 10.1 Å². The molecule has 0 aliphatic carbocycles. The molecule has 0 aliphatic rings. The molecule has 2 heterocycles. The standard InChI is InChI=1S/C14H12N4O4/c1-20-10-4-2-9(3-5-10)8-12(19)16-14-18-17-13(21-14)11-6-7-15-22-11/h2-7H,8H2,1H3,(H,16,18,19). The smallest absolute Gasteiger partial charge is 0.322 e. The summed E-state index contributed by atoms with van der Waals surface area (Å²) in [4.78, 5) is 11.9. The van der Waals surface area contributed by atoms with E-state index in [1.807, 2.05) is 12.1 Å². The number of nitrogens with one attached hydrogen (secondary N) is 1. The van der Waals surface area contributed by atoms with Crippen molar-refractivity contribution in [3.63, 3.8) is 0 Å². The highest BCUT2D eigenvalue weighted by molar-refractivity contribution is 5.90. The number of anilines is 1. The van der Waals surface area contributed by atoms with Crippen LogP contribution in [0.3, 0.4) is 0 Å². The van der Waals surface area contributed by atoms with E-state index in [1.165, 1.54) is 6.20 Å². The van der Waals surface area contributed by atoms with Crippen LogP contribution in [0.4, 0.5) is 6.01 Å². The highest BCUT2D eigenvalue weighted by Crippen LogP contribution is 2.19. The van der Waals surface area contributed by atoms with Crippen LogP contribution in [0.1, 0.15) is 5.56 Å². The third kappa shape index (κ3) is 3.11. The molecule has 3 rings (SSSR count). The SMILES string of the molecule is COc1ccc(CC(=O)Nc2nnc(-c3ccno3)o2)cc1. The number of hydrogen-bond acceptors (Lipinski definition) is 7. The molecule has 0 atom stereocenters. The van der Waals surface area contributed by atoms with Gasteiger partial charge in [0.2, 0.25) is 11.7 Å². The number of ether oxygens (including phenoxy) is 1. The number of benzene rings is 1. The minimum atomic E-state index is -0.266. The lowest BCUT2D eigenvalue weighted by atomic mass is 10.1. The molecule has 0 saturated carbocycles. The van der Waals surface area contributed by atoms with E-state index in [0.717, 1.165) is 11.3 Å². The number of rotatable bonds is 5. The quantitative estimate of drug-likeness (QED) is 0.767. The van der Waals surface area contributed by atoms with Gasteiger partial charge in [-0.15, -0.1) is 5.10 Å². The summed E-state index contributed by atoms with van der Waals surface area (Å²) in [6.45, 7) is 0. The van der Waals surface area contributed by atoms with Gasteiger partial charge in [0, 0.05) is 6.07 Å². The summed E-state index contributed by atoms with van der Waals surface area (Å²) < 4.78 is 15.2. The van der Waals surface area contributed by atoms with Crippen molar-refractivity contribution in [2.75, 3.05) is 12.4 Å². The number of hydrogen-bond donors (Lipinski definition) is 1. The number of methoxy groups -OCH3 is 1. The van der Waals surface area contributed by atoms with Crippen molar-refractivity contribution >= 4 is 11.9 Å². The zero-order valence-electron chi connectivity index (χ0n) is 11.6. The summed E-state index contributed by atoms with van der Waals surface area (Å²) in [5.41, 5.74) is 0.841. The average molecular weight is 300 g/mol. The monoisotopic (exact) mass is 300 g/mol. The molecule has 0 aliphatic heterocycles. The highest BCUT2D eigenvalue weighted by Gasteiger charge is 2.14. The summed E-state index contributed by atoms with van der Waals surface area (Å²) in [5.74, 6) is 0.955. The first-order valence-corrected chi connectivity index (χ1v) is 6.42. The van der Waals surface area contributed by atoms with Crippen LogP contribution in [0.5, 0.6) is 5.75 Å². The van der Waals surface area contributed by atoms with Gasteiger partial charge in [0.15, 0.2) is 0 Å². The Bertz CT molecular complexity index is 750. The lowest BCUT2D eigenvalue weighted by Gasteiger charge is -2.03. The molecule has 2 aromatic heterocycles. The molecule has 0 saturated heterocycles. The Morgan fingerprint density at radius 2 is 2.05 bits per heavy atom. The Kier molecular flexibility index (Phi) is 3.82. The van der Waals surface area contributed by atoms with E-state index in [2.05, 4.69) is 20.7 Å². The zero-order chi connectivity index (χ0) is 15.4. The first kappa shape index (κ1) is 13.8. The van der Waals surface area contributed by atoms with Gasteiger partial charge in [-0.2, -0.15) is 0 Å².